The van der Waals surface area contributed by atoms with E-state index < -0.39 is 16.6 Å². The number of carboxylic acids is 1. The molecule has 0 radical (unpaired) electrons. The molecule has 1 unspecified atom stereocenters. The van der Waals surface area contributed by atoms with Crippen LogP contribution in [0.1, 0.15) is 51.5 Å². The van der Waals surface area contributed by atoms with Crippen molar-refractivity contribution in [3.05, 3.63) is 75.3 Å². The lowest BCUT2D eigenvalue weighted by Crippen LogP contribution is -2.32. The number of rotatable bonds is 4. The molecule has 0 saturated carbocycles. The highest BCUT2D eigenvalue weighted by atomic mass is 16.6. The van der Waals surface area contributed by atoms with Crippen LogP contribution in [-0.4, -0.2) is 39.9 Å². The van der Waals surface area contributed by atoms with Gasteiger partial charge in [0.2, 0.25) is 0 Å². The van der Waals surface area contributed by atoms with Gasteiger partial charge in [0, 0.05) is 30.8 Å². The number of amides is 1. The molecule has 27 heavy (non-hydrogen) atoms. The topological polar surface area (TPSA) is 101 Å². The van der Waals surface area contributed by atoms with Crippen LogP contribution in [0.25, 0.3) is 0 Å². The zero-order valence-electron chi connectivity index (χ0n) is 14.7. The van der Waals surface area contributed by atoms with E-state index in [1.807, 2.05) is 18.2 Å². The lowest BCUT2D eigenvalue weighted by molar-refractivity contribution is -0.384. The number of benzene rings is 2. The van der Waals surface area contributed by atoms with Crippen molar-refractivity contribution in [2.24, 2.45) is 0 Å². The van der Waals surface area contributed by atoms with E-state index in [4.69, 9.17) is 5.11 Å². The number of aromatic carboxylic acids is 1. The van der Waals surface area contributed by atoms with Gasteiger partial charge in [-0.25, -0.2) is 4.79 Å². The molecule has 0 aliphatic carbocycles. The fourth-order valence-corrected chi connectivity index (χ4v) is 3.50. The Morgan fingerprint density at radius 3 is 2.41 bits per heavy atom. The van der Waals surface area contributed by atoms with Gasteiger partial charge in [0.05, 0.1) is 10.5 Å². The van der Waals surface area contributed by atoms with Crippen molar-refractivity contribution in [3.8, 4) is 0 Å². The monoisotopic (exact) mass is 368 g/mol. The molecule has 2 aromatic carbocycles. The lowest BCUT2D eigenvalue weighted by Gasteiger charge is -2.21. The second-order valence-electron chi connectivity index (χ2n) is 6.66. The summed E-state index contributed by atoms with van der Waals surface area (Å²) >= 11 is 0. The number of carbonyl (C=O) groups excluding carboxylic acids is 1. The van der Waals surface area contributed by atoms with E-state index in [9.17, 15) is 19.7 Å². The van der Waals surface area contributed by atoms with Gasteiger partial charge in [-0.3, -0.25) is 14.9 Å². The number of likely N-dealkylation sites (tertiary alicyclic amines) is 1. The van der Waals surface area contributed by atoms with Crippen molar-refractivity contribution in [2.75, 3.05) is 13.1 Å². The summed E-state index contributed by atoms with van der Waals surface area (Å²) in [6.45, 7) is 1.08. The number of hydrogen-bond donors (Lipinski definition) is 1. The van der Waals surface area contributed by atoms with Crippen LogP contribution in [0, 0.1) is 10.1 Å². The second kappa shape index (κ2) is 7.99. The van der Waals surface area contributed by atoms with Crippen molar-refractivity contribution in [3.63, 3.8) is 0 Å². The van der Waals surface area contributed by atoms with Crippen molar-refractivity contribution < 1.29 is 19.6 Å². The van der Waals surface area contributed by atoms with Crippen LogP contribution in [0.4, 0.5) is 5.69 Å². The summed E-state index contributed by atoms with van der Waals surface area (Å²) in [5, 5.41) is 20.2. The number of non-ortho nitro benzene ring substituents is 1. The van der Waals surface area contributed by atoms with Crippen LogP contribution < -0.4 is 0 Å². The number of carbonyl (C=O) groups is 2. The minimum absolute atomic E-state index is 0.0414. The Labute approximate surface area is 156 Å². The Morgan fingerprint density at radius 1 is 1.04 bits per heavy atom. The van der Waals surface area contributed by atoms with Crippen LogP contribution in [0.2, 0.25) is 0 Å². The van der Waals surface area contributed by atoms with Gasteiger partial charge in [0.25, 0.3) is 11.6 Å². The summed E-state index contributed by atoms with van der Waals surface area (Å²) in [6, 6.07) is 13.5. The van der Waals surface area contributed by atoms with Crippen LogP contribution in [-0.2, 0) is 0 Å². The molecule has 1 aliphatic heterocycles. The molecule has 1 N–H and O–H groups in total. The first-order valence-corrected chi connectivity index (χ1v) is 8.82. The van der Waals surface area contributed by atoms with Crippen molar-refractivity contribution >= 4 is 17.6 Å². The normalized spacial score (nSPS) is 17.2. The summed E-state index contributed by atoms with van der Waals surface area (Å²) in [4.78, 5) is 36.1. The van der Waals surface area contributed by atoms with Crippen molar-refractivity contribution in [1.29, 1.82) is 0 Å². The Bertz CT molecular complexity index is 834. The van der Waals surface area contributed by atoms with E-state index in [-0.39, 0.29) is 17.0 Å². The molecule has 0 spiro atoms. The molecule has 0 bridgehead atoms. The maximum Gasteiger partial charge on any atom is 0.335 e. The molecule has 1 aliphatic rings. The quantitative estimate of drug-likeness (QED) is 0.655. The molecule has 2 aromatic rings. The maximum atomic E-state index is 12.9. The van der Waals surface area contributed by atoms with Crippen LogP contribution >= 0.6 is 0 Å². The van der Waals surface area contributed by atoms with E-state index in [0.717, 1.165) is 31.4 Å². The first kappa shape index (κ1) is 18.6. The molecule has 1 amide bonds. The van der Waals surface area contributed by atoms with E-state index >= 15 is 0 Å². The first-order chi connectivity index (χ1) is 13.0. The summed E-state index contributed by atoms with van der Waals surface area (Å²) in [6.07, 6.45) is 2.59. The van der Waals surface area contributed by atoms with Crippen molar-refractivity contribution in [1.82, 2.24) is 4.90 Å². The average molecular weight is 368 g/mol. The number of nitrogens with zero attached hydrogens (tertiary/aromatic N) is 2. The summed E-state index contributed by atoms with van der Waals surface area (Å²) < 4.78 is 0. The highest BCUT2D eigenvalue weighted by Crippen LogP contribution is 2.29. The van der Waals surface area contributed by atoms with Gasteiger partial charge in [0.1, 0.15) is 0 Å². The van der Waals surface area contributed by atoms with Gasteiger partial charge in [0.15, 0.2) is 0 Å². The van der Waals surface area contributed by atoms with Crippen LogP contribution in [0.15, 0.2) is 48.5 Å². The Balaban J connectivity index is 1.80. The van der Waals surface area contributed by atoms with Gasteiger partial charge in [-0.2, -0.15) is 0 Å². The van der Waals surface area contributed by atoms with Gasteiger partial charge in [-0.15, -0.1) is 0 Å². The van der Waals surface area contributed by atoms with E-state index in [1.54, 1.807) is 4.90 Å². The molecular formula is C20H20N2O5. The van der Waals surface area contributed by atoms with Crippen LogP contribution in [0.5, 0.6) is 0 Å². The molecule has 7 heteroatoms. The smallest absolute Gasteiger partial charge is 0.335 e. The predicted octanol–water partition coefficient (Wildman–Crippen LogP) is 3.70. The molecular weight excluding hydrogens is 348 g/mol. The molecule has 7 nitrogen and oxygen atoms in total. The van der Waals surface area contributed by atoms with Crippen LogP contribution in [0.3, 0.4) is 0 Å². The molecule has 1 atom stereocenters. The van der Waals surface area contributed by atoms with Gasteiger partial charge < -0.3 is 10.0 Å². The zero-order valence-corrected chi connectivity index (χ0v) is 14.7. The molecule has 140 valence electrons. The third-order valence-corrected chi connectivity index (χ3v) is 4.91. The summed E-state index contributed by atoms with van der Waals surface area (Å²) in [5.41, 5.74) is 0.634. The largest absolute Gasteiger partial charge is 0.478 e. The standard InChI is InChI=1S/C20H20N2O5/c23-19(16-11-17(20(24)25)13-18(12-16)22(26)27)21-9-4-7-15(8-10-21)14-5-2-1-3-6-14/h1-3,5-6,11-13,15H,4,7-10H2,(H,24,25). The number of carboxylic acid groups (broad SMARTS) is 1. The lowest BCUT2D eigenvalue weighted by atomic mass is 9.92. The molecule has 1 heterocycles. The molecule has 1 fully saturated rings. The molecule has 3 rings (SSSR count). The zero-order chi connectivity index (χ0) is 19.4. The Morgan fingerprint density at radius 2 is 1.74 bits per heavy atom. The van der Waals surface area contributed by atoms with E-state index in [0.29, 0.717) is 19.0 Å². The van der Waals surface area contributed by atoms with E-state index in [1.165, 1.54) is 11.6 Å². The Kier molecular flexibility index (Phi) is 5.49. The van der Waals surface area contributed by atoms with Gasteiger partial charge >= 0.3 is 5.97 Å². The highest BCUT2D eigenvalue weighted by molar-refractivity contribution is 5.98. The van der Waals surface area contributed by atoms with Gasteiger partial charge in [-0.05, 0) is 36.8 Å². The minimum atomic E-state index is -1.30. The fourth-order valence-electron chi connectivity index (χ4n) is 3.50. The predicted molar refractivity (Wildman–Crippen MR) is 99.0 cm³/mol. The SMILES string of the molecule is O=C(O)c1cc(C(=O)N2CCCC(c3ccccc3)CC2)cc([N+](=O)[O-])c1. The Hall–Kier alpha value is -3.22. The maximum absolute atomic E-state index is 12.9. The molecule has 0 aromatic heterocycles. The number of nitro benzene ring substituents is 1. The third-order valence-electron chi connectivity index (χ3n) is 4.91. The third kappa shape index (κ3) is 4.31. The average Bonchev–Trinajstić information content (AvgIpc) is 2.94. The van der Waals surface area contributed by atoms with E-state index in [2.05, 4.69) is 12.1 Å². The van der Waals surface area contributed by atoms with Crippen molar-refractivity contribution in [2.45, 2.75) is 25.2 Å². The number of hydrogen-bond acceptors (Lipinski definition) is 4. The summed E-state index contributed by atoms with van der Waals surface area (Å²) in [5.74, 6) is -1.30. The summed E-state index contributed by atoms with van der Waals surface area (Å²) in [7, 11) is 0. The fraction of sp³-hybridized carbons (Fsp3) is 0.300. The molecule has 1 saturated heterocycles. The highest BCUT2D eigenvalue weighted by Gasteiger charge is 2.25. The first-order valence-electron chi connectivity index (χ1n) is 8.82. The van der Waals surface area contributed by atoms with Gasteiger partial charge in [-0.1, -0.05) is 30.3 Å². The second-order valence-corrected chi connectivity index (χ2v) is 6.66. The minimum Gasteiger partial charge on any atom is -0.478 e. The number of nitro groups is 1.